The van der Waals surface area contributed by atoms with Crippen molar-refractivity contribution >= 4 is 23.1 Å². The fraction of sp³-hybridized carbons (Fsp3) is 0.526. The molecule has 0 saturated carbocycles. The third-order valence-electron chi connectivity index (χ3n) is 4.34. The predicted octanol–water partition coefficient (Wildman–Crippen LogP) is 2.95. The molecule has 3 heterocycles. The molecule has 1 fully saturated rings. The van der Waals surface area contributed by atoms with E-state index in [0.717, 1.165) is 50.2 Å². The summed E-state index contributed by atoms with van der Waals surface area (Å²) in [7, 11) is 0. The minimum Gasteiger partial charge on any atom is -0.357 e. The van der Waals surface area contributed by atoms with Gasteiger partial charge in [-0.2, -0.15) is 0 Å². The van der Waals surface area contributed by atoms with Crippen LogP contribution < -0.4 is 10.2 Å². The topological polar surface area (TPSA) is 56.7 Å². The van der Waals surface area contributed by atoms with Gasteiger partial charge in [0.25, 0.3) is 0 Å². The molecule has 2 aromatic rings. The lowest BCUT2D eigenvalue weighted by Crippen LogP contribution is -2.52. The van der Waals surface area contributed by atoms with E-state index >= 15 is 0 Å². The molecule has 0 bridgehead atoms. The third kappa shape index (κ3) is 4.72. The Morgan fingerprint density at radius 2 is 2.08 bits per heavy atom. The minimum atomic E-state index is 0.477. The van der Waals surface area contributed by atoms with Crippen molar-refractivity contribution in [3.05, 3.63) is 40.5 Å². The number of rotatable bonds is 5. The maximum Gasteiger partial charge on any atom is 0.194 e. The highest BCUT2D eigenvalue weighted by Crippen LogP contribution is 2.19. The molecule has 7 heteroatoms. The Bertz CT molecular complexity index is 704. The normalized spacial score (nSPS) is 15.6. The highest BCUT2D eigenvalue weighted by atomic mass is 32.1. The number of hydrogen-bond acceptors (Lipinski definition) is 5. The lowest BCUT2D eigenvalue weighted by Gasteiger charge is -2.37. The van der Waals surface area contributed by atoms with E-state index < -0.39 is 0 Å². The van der Waals surface area contributed by atoms with E-state index in [1.54, 1.807) is 11.3 Å². The highest BCUT2D eigenvalue weighted by Gasteiger charge is 2.20. The quantitative estimate of drug-likeness (QED) is 0.646. The number of thiazole rings is 1. The zero-order chi connectivity index (χ0) is 18.4. The van der Waals surface area contributed by atoms with Gasteiger partial charge in [0.15, 0.2) is 5.96 Å². The van der Waals surface area contributed by atoms with Crippen LogP contribution in [0.15, 0.2) is 34.8 Å². The van der Waals surface area contributed by atoms with Gasteiger partial charge in [-0.15, -0.1) is 11.3 Å². The molecule has 0 aliphatic carbocycles. The Morgan fingerprint density at radius 3 is 2.69 bits per heavy atom. The van der Waals surface area contributed by atoms with E-state index in [2.05, 4.69) is 57.3 Å². The molecular formula is C19H28N6S. The SMILES string of the molecule is CCNC(=NCc1csc(C(C)C)n1)N1CCN(c2ccccn2)CC1. The predicted molar refractivity (Wildman–Crippen MR) is 109 cm³/mol. The molecule has 0 radical (unpaired) electrons. The number of guanidine groups is 1. The molecule has 0 amide bonds. The van der Waals surface area contributed by atoms with Crippen LogP contribution in [0.25, 0.3) is 0 Å². The van der Waals surface area contributed by atoms with E-state index in [-0.39, 0.29) is 0 Å². The summed E-state index contributed by atoms with van der Waals surface area (Å²) in [5.41, 5.74) is 1.06. The third-order valence-corrected chi connectivity index (χ3v) is 5.54. The molecule has 0 unspecified atom stereocenters. The van der Waals surface area contributed by atoms with Crippen LogP contribution in [0.3, 0.4) is 0 Å². The lowest BCUT2D eigenvalue weighted by molar-refractivity contribution is 0.371. The number of pyridine rings is 1. The van der Waals surface area contributed by atoms with Gasteiger partial charge in [0, 0.05) is 50.2 Å². The number of nitrogens with one attached hydrogen (secondary N) is 1. The fourth-order valence-corrected chi connectivity index (χ4v) is 3.76. The van der Waals surface area contributed by atoms with E-state index in [9.17, 15) is 0 Å². The molecule has 1 N–H and O–H groups in total. The zero-order valence-electron chi connectivity index (χ0n) is 15.9. The van der Waals surface area contributed by atoms with Crippen molar-refractivity contribution in [1.82, 2.24) is 20.2 Å². The largest absolute Gasteiger partial charge is 0.357 e. The summed E-state index contributed by atoms with van der Waals surface area (Å²) in [6, 6.07) is 6.07. The molecule has 1 aliphatic heterocycles. The Hall–Kier alpha value is -2.15. The highest BCUT2D eigenvalue weighted by molar-refractivity contribution is 7.09. The van der Waals surface area contributed by atoms with Gasteiger partial charge in [0.2, 0.25) is 0 Å². The molecule has 6 nitrogen and oxygen atoms in total. The lowest BCUT2D eigenvalue weighted by atomic mass is 10.2. The van der Waals surface area contributed by atoms with E-state index in [1.165, 1.54) is 5.01 Å². The van der Waals surface area contributed by atoms with E-state index in [0.29, 0.717) is 12.5 Å². The Balaban J connectivity index is 1.61. The average Bonchev–Trinajstić information content (AvgIpc) is 3.15. The van der Waals surface area contributed by atoms with Crippen molar-refractivity contribution < 1.29 is 0 Å². The summed E-state index contributed by atoms with van der Waals surface area (Å²) < 4.78 is 0. The van der Waals surface area contributed by atoms with E-state index in [4.69, 9.17) is 4.99 Å². The fourth-order valence-electron chi connectivity index (χ4n) is 2.93. The second-order valence-corrected chi connectivity index (χ2v) is 7.55. The molecule has 140 valence electrons. The number of aromatic nitrogens is 2. The Labute approximate surface area is 160 Å². The van der Waals surface area contributed by atoms with Gasteiger partial charge in [-0.3, -0.25) is 0 Å². The van der Waals surface area contributed by atoms with Gasteiger partial charge in [0.1, 0.15) is 5.82 Å². The van der Waals surface area contributed by atoms with Crippen LogP contribution in [-0.2, 0) is 6.54 Å². The number of nitrogens with zero attached hydrogens (tertiary/aromatic N) is 5. The molecule has 0 spiro atoms. The van der Waals surface area contributed by atoms with Gasteiger partial charge >= 0.3 is 0 Å². The summed E-state index contributed by atoms with van der Waals surface area (Å²) in [5.74, 6) is 2.51. The summed E-state index contributed by atoms with van der Waals surface area (Å²) in [4.78, 5) is 18.6. The molecule has 2 aromatic heterocycles. The molecule has 1 saturated heterocycles. The number of hydrogen-bond donors (Lipinski definition) is 1. The average molecular weight is 373 g/mol. The Kier molecular flexibility index (Phi) is 6.44. The number of anilines is 1. The first-order valence-corrected chi connectivity index (χ1v) is 10.2. The van der Waals surface area contributed by atoms with E-state index in [1.807, 2.05) is 18.3 Å². The van der Waals surface area contributed by atoms with Crippen LogP contribution in [0.4, 0.5) is 5.82 Å². The number of piperazine rings is 1. The van der Waals surface area contributed by atoms with Crippen LogP contribution in [-0.4, -0.2) is 53.6 Å². The standard InChI is InChI=1S/C19H28N6S/c1-4-20-19(22-13-16-14-26-18(23-16)15(2)3)25-11-9-24(10-12-25)17-7-5-6-8-21-17/h5-8,14-15H,4,9-13H2,1-3H3,(H,20,22). The van der Waals surface area contributed by atoms with Crippen LogP contribution in [0, 0.1) is 0 Å². The first kappa shape index (κ1) is 18.6. The van der Waals surface area contributed by atoms with Crippen LogP contribution in [0.5, 0.6) is 0 Å². The van der Waals surface area contributed by atoms with Crippen molar-refractivity contribution in [2.45, 2.75) is 33.2 Å². The molecule has 0 aromatic carbocycles. The first-order chi connectivity index (χ1) is 12.7. The van der Waals surface area contributed by atoms with Crippen molar-refractivity contribution in [1.29, 1.82) is 0 Å². The van der Waals surface area contributed by atoms with Gasteiger partial charge in [-0.25, -0.2) is 15.0 Å². The molecule has 0 atom stereocenters. The summed E-state index contributed by atoms with van der Waals surface area (Å²) in [5, 5.41) is 6.73. The van der Waals surface area contributed by atoms with Gasteiger partial charge in [0.05, 0.1) is 17.2 Å². The minimum absolute atomic E-state index is 0.477. The maximum absolute atomic E-state index is 4.82. The maximum atomic E-state index is 4.82. The molecule has 3 rings (SSSR count). The molecule has 1 aliphatic rings. The second kappa shape index (κ2) is 8.98. The number of aliphatic imine (C=N–C) groups is 1. The van der Waals surface area contributed by atoms with Crippen molar-refractivity contribution in [2.75, 3.05) is 37.6 Å². The van der Waals surface area contributed by atoms with Gasteiger partial charge in [-0.05, 0) is 19.1 Å². The Morgan fingerprint density at radius 1 is 1.27 bits per heavy atom. The van der Waals surface area contributed by atoms with Crippen molar-refractivity contribution in [2.24, 2.45) is 4.99 Å². The van der Waals surface area contributed by atoms with Crippen molar-refractivity contribution in [3.8, 4) is 0 Å². The second-order valence-electron chi connectivity index (χ2n) is 6.66. The van der Waals surface area contributed by atoms with Crippen molar-refractivity contribution in [3.63, 3.8) is 0 Å². The zero-order valence-corrected chi connectivity index (χ0v) is 16.7. The van der Waals surface area contributed by atoms with Gasteiger partial charge < -0.3 is 15.1 Å². The van der Waals surface area contributed by atoms with Crippen LogP contribution in [0.1, 0.15) is 37.4 Å². The first-order valence-electron chi connectivity index (χ1n) is 9.31. The summed E-state index contributed by atoms with van der Waals surface area (Å²) >= 11 is 1.73. The summed E-state index contributed by atoms with van der Waals surface area (Å²) in [6.07, 6.45) is 1.85. The smallest absolute Gasteiger partial charge is 0.194 e. The summed E-state index contributed by atoms with van der Waals surface area (Å²) in [6.45, 7) is 11.8. The van der Waals surface area contributed by atoms with Crippen LogP contribution in [0.2, 0.25) is 0 Å². The van der Waals surface area contributed by atoms with Crippen LogP contribution >= 0.6 is 11.3 Å². The molecule has 26 heavy (non-hydrogen) atoms. The van der Waals surface area contributed by atoms with Gasteiger partial charge in [-0.1, -0.05) is 19.9 Å². The monoisotopic (exact) mass is 372 g/mol. The molecular weight excluding hydrogens is 344 g/mol.